The van der Waals surface area contributed by atoms with Gasteiger partial charge in [0.1, 0.15) is 5.69 Å². The molecule has 2 unspecified atom stereocenters. The number of aliphatic hydroxyl groups is 1. The highest BCUT2D eigenvalue weighted by atomic mass is 16.6. The fourth-order valence-corrected chi connectivity index (χ4v) is 2.56. The topological polar surface area (TPSA) is 75.8 Å². The molecule has 1 aliphatic heterocycles. The van der Waals surface area contributed by atoms with Gasteiger partial charge in [-0.2, -0.15) is 0 Å². The Morgan fingerprint density at radius 2 is 2.30 bits per heavy atom. The van der Waals surface area contributed by atoms with Gasteiger partial charge in [-0.25, -0.2) is 0 Å². The zero-order chi connectivity index (χ0) is 14.7. The van der Waals surface area contributed by atoms with E-state index in [0.717, 1.165) is 19.4 Å². The Bertz CT molecular complexity index is 490. The summed E-state index contributed by atoms with van der Waals surface area (Å²) in [5.74, 6) is 0. The fourth-order valence-electron chi connectivity index (χ4n) is 2.56. The summed E-state index contributed by atoms with van der Waals surface area (Å²) in [6.07, 6.45) is 1.33. The third-order valence-corrected chi connectivity index (χ3v) is 3.73. The van der Waals surface area contributed by atoms with E-state index >= 15 is 0 Å². The smallest absolute Gasteiger partial charge is 0.292 e. The lowest BCUT2D eigenvalue weighted by Crippen LogP contribution is -2.39. The molecule has 2 rings (SSSR count). The van der Waals surface area contributed by atoms with E-state index in [9.17, 15) is 15.2 Å². The van der Waals surface area contributed by atoms with Crippen molar-refractivity contribution in [2.75, 3.05) is 25.1 Å². The van der Waals surface area contributed by atoms with Crippen molar-refractivity contribution in [1.82, 2.24) is 0 Å². The van der Waals surface area contributed by atoms with Gasteiger partial charge in [0.25, 0.3) is 5.69 Å². The number of nitro groups is 1. The van der Waals surface area contributed by atoms with Gasteiger partial charge in [0.15, 0.2) is 0 Å². The normalized spacial score (nSPS) is 20.8. The fraction of sp³-hybridized carbons (Fsp3) is 0.571. The molecule has 1 saturated heterocycles. The van der Waals surface area contributed by atoms with Crippen LogP contribution in [0.2, 0.25) is 0 Å². The number of benzene rings is 1. The summed E-state index contributed by atoms with van der Waals surface area (Å²) in [5.41, 5.74) is 1.20. The minimum atomic E-state index is -0.712. The van der Waals surface area contributed by atoms with E-state index in [4.69, 9.17) is 4.74 Å². The first-order valence-corrected chi connectivity index (χ1v) is 6.77. The SMILES string of the molecule is COC1CCCN(c2ccc(C(C)O)cc2[N+](=O)[O-])C1. The van der Waals surface area contributed by atoms with Crippen molar-refractivity contribution >= 4 is 11.4 Å². The number of hydrogen-bond acceptors (Lipinski definition) is 5. The van der Waals surface area contributed by atoms with Crippen LogP contribution >= 0.6 is 0 Å². The van der Waals surface area contributed by atoms with E-state index in [1.54, 1.807) is 26.2 Å². The highest BCUT2D eigenvalue weighted by molar-refractivity contribution is 5.64. The Morgan fingerprint density at radius 3 is 2.90 bits per heavy atom. The van der Waals surface area contributed by atoms with Gasteiger partial charge in [-0.05, 0) is 31.4 Å². The molecule has 0 bridgehead atoms. The second-order valence-corrected chi connectivity index (χ2v) is 5.13. The Hall–Kier alpha value is -1.66. The first kappa shape index (κ1) is 14.7. The van der Waals surface area contributed by atoms with Crippen molar-refractivity contribution in [2.24, 2.45) is 0 Å². The van der Waals surface area contributed by atoms with Gasteiger partial charge in [0.05, 0.1) is 17.1 Å². The lowest BCUT2D eigenvalue weighted by molar-refractivity contribution is -0.384. The molecule has 1 N–H and O–H groups in total. The van der Waals surface area contributed by atoms with Gasteiger partial charge in [0, 0.05) is 26.3 Å². The summed E-state index contributed by atoms with van der Waals surface area (Å²) in [4.78, 5) is 12.9. The van der Waals surface area contributed by atoms with E-state index in [-0.39, 0.29) is 11.8 Å². The monoisotopic (exact) mass is 280 g/mol. The molecule has 0 amide bonds. The number of rotatable bonds is 4. The highest BCUT2D eigenvalue weighted by Gasteiger charge is 2.26. The molecular weight excluding hydrogens is 260 g/mol. The molecule has 20 heavy (non-hydrogen) atoms. The molecule has 0 saturated carbocycles. The average molecular weight is 280 g/mol. The molecule has 1 fully saturated rings. The second kappa shape index (κ2) is 6.19. The quantitative estimate of drug-likeness (QED) is 0.676. The summed E-state index contributed by atoms with van der Waals surface area (Å²) >= 11 is 0. The van der Waals surface area contributed by atoms with Crippen LogP contribution < -0.4 is 4.90 Å². The number of piperidine rings is 1. The number of aliphatic hydroxyl groups excluding tert-OH is 1. The summed E-state index contributed by atoms with van der Waals surface area (Å²) < 4.78 is 5.35. The van der Waals surface area contributed by atoms with Crippen LogP contribution in [0.25, 0.3) is 0 Å². The van der Waals surface area contributed by atoms with Gasteiger partial charge >= 0.3 is 0 Å². The molecule has 1 aromatic carbocycles. The zero-order valence-electron chi connectivity index (χ0n) is 11.8. The molecule has 6 nitrogen and oxygen atoms in total. The predicted molar refractivity (Wildman–Crippen MR) is 76.0 cm³/mol. The molecule has 1 aliphatic rings. The number of nitrogens with zero attached hydrogens (tertiary/aromatic N) is 2. The summed E-state index contributed by atoms with van der Waals surface area (Å²) in [5, 5.41) is 20.8. The van der Waals surface area contributed by atoms with E-state index in [1.807, 2.05) is 4.90 Å². The highest BCUT2D eigenvalue weighted by Crippen LogP contribution is 2.33. The Labute approximate surface area is 118 Å². The van der Waals surface area contributed by atoms with Gasteiger partial charge in [0.2, 0.25) is 0 Å². The lowest BCUT2D eigenvalue weighted by atomic mass is 10.0. The molecule has 0 radical (unpaired) electrons. The Balaban J connectivity index is 2.32. The van der Waals surface area contributed by atoms with E-state index in [2.05, 4.69) is 0 Å². The maximum Gasteiger partial charge on any atom is 0.292 e. The lowest BCUT2D eigenvalue weighted by Gasteiger charge is -2.33. The van der Waals surface area contributed by atoms with Crippen LogP contribution in [0.5, 0.6) is 0 Å². The molecular formula is C14H20N2O4. The van der Waals surface area contributed by atoms with Crippen molar-refractivity contribution in [3.05, 3.63) is 33.9 Å². The number of hydrogen-bond donors (Lipinski definition) is 1. The van der Waals surface area contributed by atoms with Crippen LogP contribution in [0.1, 0.15) is 31.4 Å². The number of anilines is 1. The largest absolute Gasteiger partial charge is 0.389 e. The van der Waals surface area contributed by atoms with Crippen molar-refractivity contribution in [1.29, 1.82) is 0 Å². The van der Waals surface area contributed by atoms with E-state index < -0.39 is 11.0 Å². The molecule has 0 aromatic heterocycles. The zero-order valence-corrected chi connectivity index (χ0v) is 11.8. The first-order valence-electron chi connectivity index (χ1n) is 6.77. The standard InChI is InChI=1S/C14H20N2O4/c1-10(17)11-5-6-13(14(8-11)16(18)19)15-7-3-4-12(9-15)20-2/h5-6,8,10,12,17H,3-4,7,9H2,1-2H3. The van der Waals surface area contributed by atoms with E-state index in [0.29, 0.717) is 17.8 Å². The number of methoxy groups -OCH3 is 1. The molecule has 0 spiro atoms. The summed E-state index contributed by atoms with van der Waals surface area (Å²) in [6.45, 7) is 3.04. The molecule has 110 valence electrons. The third kappa shape index (κ3) is 3.08. The second-order valence-electron chi connectivity index (χ2n) is 5.13. The average Bonchev–Trinajstić information content (AvgIpc) is 2.46. The van der Waals surface area contributed by atoms with Crippen LogP contribution in [0.15, 0.2) is 18.2 Å². The Morgan fingerprint density at radius 1 is 1.55 bits per heavy atom. The molecule has 1 aromatic rings. The van der Waals surface area contributed by atoms with Crippen LogP contribution in [0.3, 0.4) is 0 Å². The maximum absolute atomic E-state index is 11.3. The molecule has 1 heterocycles. The van der Waals surface area contributed by atoms with Crippen LogP contribution in [0, 0.1) is 10.1 Å². The summed E-state index contributed by atoms with van der Waals surface area (Å²) in [6, 6.07) is 4.91. The van der Waals surface area contributed by atoms with Gasteiger partial charge in [-0.15, -0.1) is 0 Å². The van der Waals surface area contributed by atoms with E-state index in [1.165, 1.54) is 6.07 Å². The van der Waals surface area contributed by atoms with Gasteiger partial charge in [-0.1, -0.05) is 6.07 Å². The maximum atomic E-state index is 11.3. The van der Waals surface area contributed by atoms with Crippen LogP contribution in [-0.2, 0) is 4.74 Å². The molecule has 0 aliphatic carbocycles. The third-order valence-electron chi connectivity index (χ3n) is 3.73. The number of nitro benzene ring substituents is 1. The minimum absolute atomic E-state index is 0.0418. The van der Waals surface area contributed by atoms with Crippen molar-refractivity contribution < 1.29 is 14.8 Å². The molecule has 2 atom stereocenters. The Kier molecular flexibility index (Phi) is 4.57. The van der Waals surface area contributed by atoms with Crippen molar-refractivity contribution in [2.45, 2.75) is 32.0 Å². The minimum Gasteiger partial charge on any atom is -0.389 e. The predicted octanol–water partition coefficient (Wildman–Crippen LogP) is 2.26. The van der Waals surface area contributed by atoms with Crippen molar-refractivity contribution in [3.63, 3.8) is 0 Å². The van der Waals surface area contributed by atoms with Crippen LogP contribution in [-0.4, -0.2) is 36.3 Å². The van der Waals surface area contributed by atoms with Crippen LogP contribution in [0.4, 0.5) is 11.4 Å². The van der Waals surface area contributed by atoms with Gasteiger partial charge < -0.3 is 14.7 Å². The molecule has 6 heteroatoms. The van der Waals surface area contributed by atoms with Gasteiger partial charge in [-0.3, -0.25) is 10.1 Å². The number of ether oxygens (including phenoxy) is 1. The van der Waals surface area contributed by atoms with Crippen molar-refractivity contribution in [3.8, 4) is 0 Å². The summed E-state index contributed by atoms with van der Waals surface area (Å²) in [7, 11) is 1.67. The first-order chi connectivity index (χ1) is 9.52.